The van der Waals surface area contributed by atoms with E-state index in [9.17, 15) is 4.79 Å². The fraction of sp³-hybridized carbons (Fsp3) is 0.200. The summed E-state index contributed by atoms with van der Waals surface area (Å²) in [5.74, 6) is -0.0815. The van der Waals surface area contributed by atoms with Gasteiger partial charge in [0.1, 0.15) is 0 Å². The SMILES string of the molecule is COc1cc(C=CCC(=O)O)cnc1N. The third-order valence-electron chi connectivity index (χ3n) is 1.73. The van der Waals surface area contributed by atoms with Crippen LogP contribution in [0, 0.1) is 0 Å². The average molecular weight is 208 g/mol. The van der Waals surface area contributed by atoms with Crippen molar-refractivity contribution in [1.29, 1.82) is 0 Å². The van der Waals surface area contributed by atoms with Gasteiger partial charge in [-0.3, -0.25) is 4.79 Å². The summed E-state index contributed by atoms with van der Waals surface area (Å²) in [6.45, 7) is 0. The molecule has 5 heteroatoms. The molecule has 0 saturated carbocycles. The standard InChI is InChI=1S/C10H12N2O3/c1-15-8-5-7(6-12-10(8)11)3-2-4-9(13)14/h2-3,5-6H,4H2,1H3,(H2,11,12)(H,13,14). The smallest absolute Gasteiger partial charge is 0.307 e. The van der Waals surface area contributed by atoms with E-state index in [2.05, 4.69) is 4.98 Å². The maximum atomic E-state index is 10.3. The van der Waals surface area contributed by atoms with Crippen LogP contribution in [0.5, 0.6) is 5.75 Å². The van der Waals surface area contributed by atoms with Crippen LogP contribution in [0.1, 0.15) is 12.0 Å². The summed E-state index contributed by atoms with van der Waals surface area (Å²) >= 11 is 0. The number of aromatic nitrogens is 1. The molecule has 0 aliphatic rings. The first-order chi connectivity index (χ1) is 7.13. The first-order valence-corrected chi connectivity index (χ1v) is 4.31. The largest absolute Gasteiger partial charge is 0.493 e. The quantitative estimate of drug-likeness (QED) is 0.775. The van der Waals surface area contributed by atoms with Crippen molar-refractivity contribution >= 4 is 17.9 Å². The Labute approximate surface area is 87.2 Å². The van der Waals surface area contributed by atoms with Gasteiger partial charge in [0.15, 0.2) is 11.6 Å². The lowest BCUT2D eigenvalue weighted by Gasteiger charge is -2.03. The molecule has 0 saturated heterocycles. The number of hydrogen-bond donors (Lipinski definition) is 2. The molecule has 0 bridgehead atoms. The highest BCUT2D eigenvalue weighted by Crippen LogP contribution is 2.19. The van der Waals surface area contributed by atoms with Gasteiger partial charge in [-0.2, -0.15) is 0 Å². The van der Waals surface area contributed by atoms with Crippen molar-refractivity contribution in [3.8, 4) is 5.75 Å². The van der Waals surface area contributed by atoms with E-state index < -0.39 is 5.97 Å². The number of hydrogen-bond acceptors (Lipinski definition) is 4. The molecule has 80 valence electrons. The molecule has 1 rings (SSSR count). The molecular weight excluding hydrogens is 196 g/mol. The van der Waals surface area contributed by atoms with Crippen molar-refractivity contribution in [3.63, 3.8) is 0 Å². The molecule has 1 aromatic heterocycles. The molecule has 1 aromatic rings. The van der Waals surface area contributed by atoms with Gasteiger partial charge in [-0.05, 0) is 11.6 Å². The van der Waals surface area contributed by atoms with Gasteiger partial charge < -0.3 is 15.6 Å². The Morgan fingerprint density at radius 1 is 1.73 bits per heavy atom. The van der Waals surface area contributed by atoms with Crippen LogP contribution in [0.4, 0.5) is 5.82 Å². The van der Waals surface area contributed by atoms with E-state index in [-0.39, 0.29) is 6.42 Å². The normalized spacial score (nSPS) is 10.5. The van der Waals surface area contributed by atoms with Gasteiger partial charge >= 0.3 is 5.97 Å². The van der Waals surface area contributed by atoms with Gasteiger partial charge in [0, 0.05) is 6.20 Å². The molecule has 0 radical (unpaired) electrons. The topological polar surface area (TPSA) is 85.4 Å². The van der Waals surface area contributed by atoms with Crippen molar-refractivity contribution in [2.45, 2.75) is 6.42 Å². The highest BCUT2D eigenvalue weighted by Gasteiger charge is 2.00. The molecule has 0 unspecified atom stereocenters. The minimum absolute atomic E-state index is 0.0211. The molecule has 5 nitrogen and oxygen atoms in total. The van der Waals surface area contributed by atoms with E-state index in [1.54, 1.807) is 18.3 Å². The number of carboxylic acids is 1. The number of pyridine rings is 1. The van der Waals surface area contributed by atoms with Crippen molar-refractivity contribution in [2.75, 3.05) is 12.8 Å². The first-order valence-electron chi connectivity index (χ1n) is 4.31. The lowest BCUT2D eigenvalue weighted by Crippen LogP contribution is -1.95. The second-order valence-electron chi connectivity index (χ2n) is 2.86. The van der Waals surface area contributed by atoms with Crippen LogP contribution < -0.4 is 10.5 Å². The lowest BCUT2D eigenvalue weighted by atomic mass is 10.2. The second kappa shape index (κ2) is 4.99. The summed E-state index contributed by atoms with van der Waals surface area (Å²) in [6, 6.07) is 1.70. The fourth-order valence-electron chi connectivity index (χ4n) is 1.02. The molecule has 0 atom stereocenters. The van der Waals surface area contributed by atoms with E-state index in [0.29, 0.717) is 11.6 Å². The number of nitrogens with two attached hydrogens (primary N) is 1. The highest BCUT2D eigenvalue weighted by atomic mass is 16.5. The monoisotopic (exact) mass is 208 g/mol. The van der Waals surface area contributed by atoms with Crippen molar-refractivity contribution < 1.29 is 14.6 Å². The third kappa shape index (κ3) is 3.30. The Morgan fingerprint density at radius 3 is 3.07 bits per heavy atom. The second-order valence-corrected chi connectivity index (χ2v) is 2.86. The molecule has 3 N–H and O–H groups in total. The number of methoxy groups -OCH3 is 1. The number of ether oxygens (including phenoxy) is 1. The third-order valence-corrected chi connectivity index (χ3v) is 1.73. The Kier molecular flexibility index (Phi) is 3.68. The summed E-state index contributed by atoms with van der Waals surface area (Å²) in [5, 5.41) is 8.42. The van der Waals surface area contributed by atoms with Crippen molar-refractivity contribution in [2.24, 2.45) is 0 Å². The minimum atomic E-state index is -0.874. The van der Waals surface area contributed by atoms with Crippen LogP contribution in [-0.2, 0) is 4.79 Å². The highest BCUT2D eigenvalue weighted by molar-refractivity contribution is 5.70. The predicted molar refractivity (Wildman–Crippen MR) is 56.5 cm³/mol. The fourth-order valence-corrected chi connectivity index (χ4v) is 1.02. The summed E-state index contributed by atoms with van der Waals surface area (Å²) < 4.78 is 4.98. The van der Waals surface area contributed by atoms with Gasteiger partial charge in [0.05, 0.1) is 13.5 Å². The number of nitrogens with zero attached hydrogens (tertiary/aromatic N) is 1. The van der Waals surface area contributed by atoms with Crippen LogP contribution in [0.25, 0.3) is 6.08 Å². The van der Waals surface area contributed by atoms with E-state index in [1.165, 1.54) is 13.2 Å². The maximum absolute atomic E-state index is 10.3. The van der Waals surface area contributed by atoms with Gasteiger partial charge in [0.2, 0.25) is 0 Å². The van der Waals surface area contributed by atoms with Crippen LogP contribution in [-0.4, -0.2) is 23.2 Å². The minimum Gasteiger partial charge on any atom is -0.493 e. The molecule has 0 aromatic carbocycles. The molecule has 15 heavy (non-hydrogen) atoms. The summed E-state index contributed by atoms with van der Waals surface area (Å²) in [7, 11) is 1.50. The van der Waals surface area contributed by atoms with E-state index >= 15 is 0 Å². The summed E-state index contributed by atoms with van der Waals surface area (Å²) in [5.41, 5.74) is 6.27. The van der Waals surface area contributed by atoms with Gasteiger partial charge in [-0.1, -0.05) is 12.2 Å². The van der Waals surface area contributed by atoms with Crippen LogP contribution in [0.2, 0.25) is 0 Å². The Balaban J connectivity index is 2.78. The number of aliphatic carboxylic acids is 1. The van der Waals surface area contributed by atoms with Crippen LogP contribution >= 0.6 is 0 Å². The molecule has 0 aliphatic heterocycles. The number of nitrogen functional groups attached to an aromatic ring is 1. The molecule has 0 aliphatic carbocycles. The van der Waals surface area contributed by atoms with Crippen molar-refractivity contribution in [1.82, 2.24) is 4.98 Å². The maximum Gasteiger partial charge on any atom is 0.307 e. The van der Waals surface area contributed by atoms with Gasteiger partial charge in [0.25, 0.3) is 0 Å². The van der Waals surface area contributed by atoms with Gasteiger partial charge in [-0.25, -0.2) is 4.98 Å². The average Bonchev–Trinajstić information content (AvgIpc) is 2.20. The molecule has 0 amide bonds. The molecule has 0 fully saturated rings. The Morgan fingerprint density at radius 2 is 2.47 bits per heavy atom. The van der Waals surface area contributed by atoms with Crippen LogP contribution in [0.15, 0.2) is 18.3 Å². The van der Waals surface area contributed by atoms with E-state index in [1.807, 2.05) is 0 Å². The zero-order valence-electron chi connectivity index (χ0n) is 8.30. The predicted octanol–water partition coefficient (Wildman–Crippen LogP) is 1.16. The molecule has 0 spiro atoms. The van der Waals surface area contributed by atoms with Gasteiger partial charge in [-0.15, -0.1) is 0 Å². The number of carboxylic acid groups (broad SMARTS) is 1. The van der Waals surface area contributed by atoms with Crippen LogP contribution in [0.3, 0.4) is 0 Å². The Bertz CT molecular complexity index is 388. The van der Waals surface area contributed by atoms with E-state index in [0.717, 1.165) is 5.56 Å². The number of carbonyl (C=O) groups is 1. The number of anilines is 1. The molecule has 1 heterocycles. The summed E-state index contributed by atoms with van der Waals surface area (Å²) in [6.07, 6.45) is 4.72. The lowest BCUT2D eigenvalue weighted by molar-refractivity contribution is -0.135. The molecular formula is C10H12N2O3. The zero-order chi connectivity index (χ0) is 11.3. The number of rotatable bonds is 4. The summed E-state index contributed by atoms with van der Waals surface area (Å²) in [4.78, 5) is 14.2. The van der Waals surface area contributed by atoms with Crippen molar-refractivity contribution in [3.05, 3.63) is 23.9 Å². The Hall–Kier alpha value is -2.04. The zero-order valence-corrected chi connectivity index (χ0v) is 8.30. The van der Waals surface area contributed by atoms with E-state index in [4.69, 9.17) is 15.6 Å². The first kappa shape index (κ1) is 11.0.